The van der Waals surface area contributed by atoms with Crippen molar-refractivity contribution in [1.82, 2.24) is 10.2 Å². The predicted octanol–water partition coefficient (Wildman–Crippen LogP) is 3.49. The fraction of sp³-hybridized carbons (Fsp3) is 0.529. The Morgan fingerprint density at radius 3 is 2.64 bits per heavy atom. The van der Waals surface area contributed by atoms with Crippen LogP contribution in [0.3, 0.4) is 0 Å². The van der Waals surface area contributed by atoms with E-state index in [2.05, 4.69) is 5.32 Å². The van der Waals surface area contributed by atoms with Crippen LogP contribution in [-0.2, 0) is 4.79 Å². The minimum absolute atomic E-state index is 0.00762. The van der Waals surface area contributed by atoms with Crippen molar-refractivity contribution >= 4 is 12.0 Å². The first-order valence-corrected chi connectivity index (χ1v) is 8.08. The Balaban J connectivity index is 2.14. The number of carbonyl (C=O) groups is 2. The van der Waals surface area contributed by atoms with Gasteiger partial charge >= 0.3 is 18.2 Å². The Bertz CT molecular complexity index is 634. The molecule has 1 heterocycles. The number of urea groups is 1. The average Bonchev–Trinajstić information content (AvgIpc) is 2.53. The predicted molar refractivity (Wildman–Crippen MR) is 85.1 cm³/mol. The van der Waals surface area contributed by atoms with E-state index in [0.717, 1.165) is 0 Å². The van der Waals surface area contributed by atoms with E-state index in [4.69, 9.17) is 5.11 Å². The summed E-state index contributed by atoms with van der Waals surface area (Å²) in [7, 11) is 0. The molecule has 1 fully saturated rings. The number of aryl methyl sites for hydroxylation is 1. The molecule has 5 nitrogen and oxygen atoms in total. The van der Waals surface area contributed by atoms with Crippen molar-refractivity contribution in [3.05, 3.63) is 35.4 Å². The van der Waals surface area contributed by atoms with Crippen LogP contribution >= 0.6 is 0 Å². The van der Waals surface area contributed by atoms with Crippen LogP contribution in [0, 0.1) is 12.8 Å². The molecular weight excluding hydrogens is 337 g/mol. The zero-order chi connectivity index (χ0) is 18.6. The molecular formula is C17H21F3N2O3. The zero-order valence-electron chi connectivity index (χ0n) is 13.8. The van der Waals surface area contributed by atoms with E-state index in [1.807, 2.05) is 0 Å². The fourth-order valence-electron chi connectivity index (χ4n) is 3.05. The maximum absolute atomic E-state index is 12.9. The molecule has 0 spiro atoms. The molecule has 0 aliphatic carbocycles. The highest BCUT2D eigenvalue weighted by Gasteiger charge is 2.35. The first-order valence-electron chi connectivity index (χ1n) is 8.08. The summed E-state index contributed by atoms with van der Waals surface area (Å²) in [5.41, 5.74) is 1.05. The Morgan fingerprint density at radius 2 is 2.04 bits per heavy atom. The number of nitrogens with zero attached hydrogens (tertiary/aromatic N) is 1. The summed E-state index contributed by atoms with van der Waals surface area (Å²) in [6.07, 6.45) is -4.65. The summed E-state index contributed by atoms with van der Waals surface area (Å²) in [6.45, 7) is 2.03. The van der Waals surface area contributed by atoms with E-state index in [1.165, 1.54) is 4.90 Å². The van der Waals surface area contributed by atoms with Crippen molar-refractivity contribution in [3.63, 3.8) is 0 Å². The molecule has 1 aromatic carbocycles. The van der Waals surface area contributed by atoms with Gasteiger partial charge in [0.1, 0.15) is 0 Å². The maximum atomic E-state index is 12.9. The van der Waals surface area contributed by atoms with E-state index < -0.39 is 36.6 Å². The number of rotatable bonds is 4. The molecule has 0 saturated carbocycles. The molecule has 138 valence electrons. The molecule has 0 aromatic heterocycles. The van der Waals surface area contributed by atoms with Gasteiger partial charge in [0, 0.05) is 13.1 Å². The maximum Gasteiger partial charge on any atom is 0.391 e. The Hall–Kier alpha value is -2.25. The van der Waals surface area contributed by atoms with Gasteiger partial charge in [0.2, 0.25) is 0 Å². The van der Waals surface area contributed by atoms with Gasteiger partial charge in [-0.15, -0.1) is 0 Å². The van der Waals surface area contributed by atoms with Crippen molar-refractivity contribution in [2.75, 3.05) is 13.1 Å². The second kappa shape index (κ2) is 7.76. The quantitative estimate of drug-likeness (QED) is 0.866. The van der Waals surface area contributed by atoms with Crippen LogP contribution in [-0.4, -0.2) is 41.3 Å². The Morgan fingerprint density at radius 1 is 1.36 bits per heavy atom. The van der Waals surface area contributed by atoms with Gasteiger partial charge in [-0.25, -0.2) is 4.79 Å². The number of likely N-dealkylation sites (tertiary alicyclic amines) is 1. The van der Waals surface area contributed by atoms with Crippen LogP contribution in [0.4, 0.5) is 18.0 Å². The van der Waals surface area contributed by atoms with Crippen molar-refractivity contribution in [3.8, 4) is 0 Å². The number of carboxylic acid groups (broad SMARTS) is 1. The number of alkyl halides is 3. The zero-order valence-corrected chi connectivity index (χ0v) is 13.8. The number of nitrogens with one attached hydrogen (secondary N) is 1. The molecule has 2 atom stereocenters. The third-order valence-corrected chi connectivity index (χ3v) is 4.36. The van der Waals surface area contributed by atoms with Crippen LogP contribution in [0.2, 0.25) is 0 Å². The molecule has 0 radical (unpaired) electrons. The van der Waals surface area contributed by atoms with Crippen LogP contribution in [0.1, 0.15) is 36.4 Å². The Labute approximate surface area is 143 Å². The first kappa shape index (κ1) is 19.1. The highest BCUT2D eigenvalue weighted by atomic mass is 19.4. The SMILES string of the molecule is Cc1ccccc1C(CC(F)(F)F)NC(=O)N1CCCC(C(=O)O)C1. The van der Waals surface area contributed by atoms with Crippen molar-refractivity contribution < 1.29 is 27.9 Å². The van der Waals surface area contributed by atoms with Crippen molar-refractivity contribution in [2.45, 2.75) is 38.4 Å². The summed E-state index contributed by atoms with van der Waals surface area (Å²) >= 11 is 0. The summed E-state index contributed by atoms with van der Waals surface area (Å²) in [6, 6.07) is 4.71. The van der Waals surface area contributed by atoms with E-state index in [1.54, 1.807) is 31.2 Å². The number of hydrogen-bond donors (Lipinski definition) is 2. The minimum atomic E-state index is -4.44. The van der Waals surface area contributed by atoms with E-state index >= 15 is 0 Å². The van der Waals surface area contributed by atoms with Crippen LogP contribution < -0.4 is 5.32 Å². The molecule has 1 aromatic rings. The van der Waals surface area contributed by atoms with Crippen LogP contribution in [0.25, 0.3) is 0 Å². The summed E-state index contributed by atoms with van der Waals surface area (Å²) < 4.78 is 38.8. The standard InChI is InChI=1S/C17H21F3N2O3/c1-11-5-2-3-7-13(11)14(9-17(18,19)20)21-16(25)22-8-4-6-12(10-22)15(23)24/h2-3,5,7,12,14H,4,6,8-10H2,1H3,(H,21,25)(H,23,24). The number of benzene rings is 1. The highest BCUT2D eigenvalue weighted by molar-refractivity contribution is 5.77. The van der Waals surface area contributed by atoms with Crippen LogP contribution in [0.15, 0.2) is 24.3 Å². The van der Waals surface area contributed by atoms with Gasteiger partial charge in [-0.1, -0.05) is 24.3 Å². The molecule has 2 amide bonds. The van der Waals surface area contributed by atoms with Gasteiger partial charge in [0.25, 0.3) is 0 Å². The number of amides is 2. The molecule has 1 aliphatic rings. The van der Waals surface area contributed by atoms with Gasteiger partial charge in [-0.3, -0.25) is 4.79 Å². The van der Waals surface area contributed by atoms with Crippen molar-refractivity contribution in [2.24, 2.45) is 5.92 Å². The van der Waals surface area contributed by atoms with E-state index in [0.29, 0.717) is 30.5 Å². The summed E-state index contributed by atoms with van der Waals surface area (Å²) in [5.74, 6) is -1.68. The van der Waals surface area contributed by atoms with Gasteiger partial charge < -0.3 is 15.3 Å². The van der Waals surface area contributed by atoms with Crippen molar-refractivity contribution in [1.29, 1.82) is 0 Å². The number of halogens is 3. The second-order valence-corrected chi connectivity index (χ2v) is 6.30. The van der Waals surface area contributed by atoms with Gasteiger partial charge in [0.15, 0.2) is 0 Å². The molecule has 2 N–H and O–H groups in total. The summed E-state index contributed by atoms with van der Waals surface area (Å²) in [5, 5.41) is 11.5. The topological polar surface area (TPSA) is 69.6 Å². The summed E-state index contributed by atoms with van der Waals surface area (Å²) in [4.78, 5) is 24.8. The van der Waals surface area contributed by atoms with E-state index in [9.17, 15) is 22.8 Å². The monoisotopic (exact) mass is 358 g/mol. The molecule has 25 heavy (non-hydrogen) atoms. The smallest absolute Gasteiger partial charge is 0.391 e. The number of carboxylic acids is 1. The third kappa shape index (κ3) is 5.37. The fourth-order valence-corrected chi connectivity index (χ4v) is 3.05. The molecule has 2 rings (SSSR count). The van der Waals surface area contributed by atoms with E-state index in [-0.39, 0.29) is 6.54 Å². The lowest BCUT2D eigenvalue weighted by atomic mass is 9.97. The van der Waals surface area contributed by atoms with Gasteiger partial charge in [-0.05, 0) is 30.9 Å². The van der Waals surface area contributed by atoms with Crippen LogP contribution in [0.5, 0.6) is 0 Å². The largest absolute Gasteiger partial charge is 0.481 e. The molecule has 2 unspecified atom stereocenters. The molecule has 1 saturated heterocycles. The minimum Gasteiger partial charge on any atom is -0.481 e. The normalized spacial score (nSPS) is 19.4. The molecule has 0 bridgehead atoms. The number of aliphatic carboxylic acids is 1. The molecule has 8 heteroatoms. The van der Waals surface area contributed by atoms with Gasteiger partial charge in [-0.2, -0.15) is 13.2 Å². The number of carbonyl (C=O) groups excluding carboxylic acids is 1. The third-order valence-electron chi connectivity index (χ3n) is 4.36. The Kier molecular flexibility index (Phi) is 5.92. The highest BCUT2D eigenvalue weighted by Crippen LogP contribution is 2.31. The lowest BCUT2D eigenvalue weighted by Crippen LogP contribution is -2.48. The molecule has 1 aliphatic heterocycles. The first-order chi connectivity index (χ1) is 11.7. The lowest BCUT2D eigenvalue weighted by Gasteiger charge is -2.32. The number of piperidine rings is 1. The lowest BCUT2D eigenvalue weighted by molar-refractivity contribution is -0.143. The second-order valence-electron chi connectivity index (χ2n) is 6.30. The average molecular weight is 358 g/mol. The van der Waals surface area contributed by atoms with Gasteiger partial charge in [0.05, 0.1) is 18.4 Å². The number of hydrogen-bond acceptors (Lipinski definition) is 2.